The Morgan fingerprint density at radius 2 is 2.05 bits per heavy atom. The number of carbonyl (C=O) groups excluding carboxylic acids is 1. The fourth-order valence-electron chi connectivity index (χ4n) is 1.84. The number of nitro groups is 1. The van der Waals surface area contributed by atoms with Crippen molar-refractivity contribution in [3.63, 3.8) is 0 Å². The van der Waals surface area contributed by atoms with Gasteiger partial charge in [-0.15, -0.1) is 0 Å². The van der Waals surface area contributed by atoms with Gasteiger partial charge in [0.15, 0.2) is 0 Å². The summed E-state index contributed by atoms with van der Waals surface area (Å²) >= 11 is 0. The molecule has 1 aliphatic heterocycles. The lowest BCUT2D eigenvalue weighted by Gasteiger charge is -2.23. The number of ether oxygens (including phenoxy) is 2. The van der Waals surface area contributed by atoms with Crippen LogP contribution in [0.3, 0.4) is 0 Å². The van der Waals surface area contributed by atoms with Gasteiger partial charge in [0.2, 0.25) is 0 Å². The van der Waals surface area contributed by atoms with Gasteiger partial charge in [0.25, 0.3) is 5.69 Å². The molecule has 0 saturated carbocycles. The van der Waals surface area contributed by atoms with Crippen LogP contribution in [0.5, 0.6) is 0 Å². The fraction of sp³-hybridized carbons (Fsp3) is 0.462. The third kappa shape index (κ3) is 5.01. The highest BCUT2D eigenvalue weighted by Crippen LogP contribution is 2.11. The summed E-state index contributed by atoms with van der Waals surface area (Å²) in [5, 5.41) is 15.9. The third-order valence-electron chi connectivity index (χ3n) is 2.98. The summed E-state index contributed by atoms with van der Waals surface area (Å²) in [7, 11) is 0. The van der Waals surface area contributed by atoms with Gasteiger partial charge in [0, 0.05) is 25.2 Å². The van der Waals surface area contributed by atoms with Crippen LogP contribution in [0.4, 0.5) is 10.5 Å². The molecule has 8 nitrogen and oxygen atoms in total. The number of urea groups is 1. The molecule has 1 aromatic carbocycles. The number of amides is 2. The fourth-order valence-corrected chi connectivity index (χ4v) is 1.84. The molecule has 1 heterocycles. The summed E-state index contributed by atoms with van der Waals surface area (Å²) in [5.41, 5.74) is 0.811. The summed E-state index contributed by atoms with van der Waals surface area (Å²) in [6.45, 7) is 2.28. The van der Waals surface area contributed by atoms with Crippen LogP contribution in [-0.2, 0) is 16.0 Å². The normalized spacial score (nSPS) is 18.0. The Bertz CT molecular complexity index is 485. The molecule has 2 N–H and O–H groups in total. The van der Waals surface area contributed by atoms with Gasteiger partial charge < -0.3 is 20.1 Å². The van der Waals surface area contributed by atoms with Gasteiger partial charge in [-0.25, -0.2) is 4.79 Å². The molecule has 8 heteroatoms. The second-order valence-electron chi connectivity index (χ2n) is 4.55. The molecule has 1 saturated heterocycles. The van der Waals surface area contributed by atoms with Gasteiger partial charge >= 0.3 is 6.03 Å². The summed E-state index contributed by atoms with van der Waals surface area (Å²) in [5.74, 6) is 0. The van der Waals surface area contributed by atoms with E-state index in [1.54, 1.807) is 12.1 Å². The molecule has 1 aliphatic rings. The largest absolute Gasteiger partial charge is 0.376 e. The molecule has 21 heavy (non-hydrogen) atoms. The molecule has 0 unspecified atom stereocenters. The number of benzene rings is 1. The SMILES string of the molecule is O=C(NCc1ccc([N+](=O)[O-])cc1)NC[C@@H]1COCCO1. The predicted molar refractivity (Wildman–Crippen MR) is 73.9 cm³/mol. The van der Waals surface area contributed by atoms with E-state index >= 15 is 0 Å². The Morgan fingerprint density at radius 1 is 1.29 bits per heavy atom. The molecule has 1 fully saturated rings. The Kier molecular flexibility index (Phi) is 5.47. The minimum Gasteiger partial charge on any atom is -0.376 e. The minimum atomic E-state index is -0.462. The Hall–Kier alpha value is -2.19. The lowest BCUT2D eigenvalue weighted by molar-refractivity contribution is -0.384. The van der Waals surface area contributed by atoms with Crippen molar-refractivity contribution in [3.05, 3.63) is 39.9 Å². The van der Waals surface area contributed by atoms with Crippen LogP contribution in [0.2, 0.25) is 0 Å². The highest BCUT2D eigenvalue weighted by molar-refractivity contribution is 5.73. The standard InChI is InChI=1S/C13H17N3O5/c17-13(15-8-12-9-20-5-6-21-12)14-7-10-1-3-11(4-2-10)16(18)19/h1-4,12H,5-9H2,(H2,14,15,17)/t12-/m1/s1. The van der Waals surface area contributed by atoms with Gasteiger partial charge in [-0.3, -0.25) is 10.1 Å². The van der Waals surface area contributed by atoms with Crippen LogP contribution in [0.15, 0.2) is 24.3 Å². The summed E-state index contributed by atoms with van der Waals surface area (Å²) < 4.78 is 10.6. The quantitative estimate of drug-likeness (QED) is 0.618. The highest BCUT2D eigenvalue weighted by Gasteiger charge is 2.14. The monoisotopic (exact) mass is 295 g/mol. The summed E-state index contributed by atoms with van der Waals surface area (Å²) in [6.07, 6.45) is -0.121. The van der Waals surface area contributed by atoms with Crippen LogP contribution in [0.25, 0.3) is 0 Å². The number of nitrogens with zero attached hydrogens (tertiary/aromatic N) is 1. The Balaban J connectivity index is 1.69. The van der Waals surface area contributed by atoms with E-state index in [1.807, 2.05) is 0 Å². The van der Waals surface area contributed by atoms with Crippen LogP contribution in [0.1, 0.15) is 5.56 Å². The van der Waals surface area contributed by atoms with E-state index in [1.165, 1.54) is 12.1 Å². The van der Waals surface area contributed by atoms with Crippen LogP contribution in [0, 0.1) is 10.1 Å². The first kappa shape index (κ1) is 15.2. The van der Waals surface area contributed by atoms with Gasteiger partial charge in [0.1, 0.15) is 0 Å². The van der Waals surface area contributed by atoms with Crippen molar-refractivity contribution in [1.29, 1.82) is 0 Å². The average Bonchev–Trinajstić information content (AvgIpc) is 2.52. The van der Waals surface area contributed by atoms with Crippen molar-refractivity contribution >= 4 is 11.7 Å². The minimum absolute atomic E-state index is 0.0256. The maximum Gasteiger partial charge on any atom is 0.315 e. The Morgan fingerprint density at radius 3 is 2.67 bits per heavy atom. The number of non-ortho nitro benzene ring substituents is 1. The molecule has 114 valence electrons. The first-order valence-corrected chi connectivity index (χ1v) is 6.59. The molecular weight excluding hydrogens is 278 g/mol. The number of hydrogen-bond acceptors (Lipinski definition) is 5. The summed E-state index contributed by atoms with van der Waals surface area (Å²) in [6, 6.07) is 5.71. The van der Waals surface area contributed by atoms with Crippen LogP contribution < -0.4 is 10.6 Å². The molecule has 0 aliphatic carbocycles. The van der Waals surface area contributed by atoms with E-state index in [4.69, 9.17) is 9.47 Å². The zero-order valence-electron chi connectivity index (χ0n) is 11.4. The first-order valence-electron chi connectivity index (χ1n) is 6.59. The van der Waals surface area contributed by atoms with Crippen LogP contribution in [-0.4, -0.2) is 43.4 Å². The second kappa shape index (κ2) is 7.55. The maximum absolute atomic E-state index is 11.6. The molecule has 0 bridgehead atoms. The topological polar surface area (TPSA) is 103 Å². The van der Waals surface area contributed by atoms with Gasteiger partial charge in [-0.2, -0.15) is 0 Å². The molecule has 2 amide bonds. The lowest BCUT2D eigenvalue weighted by Crippen LogP contribution is -2.43. The number of nitro benzene ring substituents is 1. The van der Waals surface area contributed by atoms with Gasteiger partial charge in [0.05, 0.1) is 30.8 Å². The number of nitrogens with one attached hydrogen (secondary N) is 2. The van der Waals surface area contributed by atoms with Gasteiger partial charge in [-0.05, 0) is 5.56 Å². The van der Waals surface area contributed by atoms with E-state index in [2.05, 4.69) is 10.6 Å². The smallest absolute Gasteiger partial charge is 0.315 e. The van der Waals surface area contributed by atoms with Crippen molar-refractivity contribution < 1.29 is 19.2 Å². The number of carbonyl (C=O) groups is 1. The molecule has 0 radical (unpaired) electrons. The van der Waals surface area contributed by atoms with Crippen molar-refractivity contribution in [2.75, 3.05) is 26.4 Å². The van der Waals surface area contributed by atoms with Crippen molar-refractivity contribution in [2.45, 2.75) is 12.6 Å². The summed E-state index contributed by atoms with van der Waals surface area (Å²) in [4.78, 5) is 21.7. The van der Waals surface area contributed by atoms with Crippen molar-refractivity contribution in [3.8, 4) is 0 Å². The maximum atomic E-state index is 11.6. The van der Waals surface area contributed by atoms with Gasteiger partial charge in [-0.1, -0.05) is 12.1 Å². The lowest BCUT2D eigenvalue weighted by atomic mass is 10.2. The Labute approximate surface area is 121 Å². The number of rotatable bonds is 5. The predicted octanol–water partition coefficient (Wildman–Crippen LogP) is 0.809. The van der Waals surface area contributed by atoms with E-state index in [0.29, 0.717) is 32.9 Å². The third-order valence-corrected chi connectivity index (χ3v) is 2.98. The molecule has 0 spiro atoms. The molecule has 1 atom stereocenters. The van der Waals surface area contributed by atoms with E-state index in [0.717, 1.165) is 5.56 Å². The van der Waals surface area contributed by atoms with Crippen molar-refractivity contribution in [1.82, 2.24) is 10.6 Å². The second-order valence-corrected chi connectivity index (χ2v) is 4.55. The van der Waals surface area contributed by atoms with Crippen LogP contribution >= 0.6 is 0 Å². The highest BCUT2D eigenvalue weighted by atomic mass is 16.6. The average molecular weight is 295 g/mol. The molecule has 0 aromatic heterocycles. The van der Waals surface area contributed by atoms with E-state index in [9.17, 15) is 14.9 Å². The zero-order valence-corrected chi connectivity index (χ0v) is 11.4. The van der Waals surface area contributed by atoms with E-state index < -0.39 is 4.92 Å². The molecular formula is C13H17N3O5. The van der Waals surface area contributed by atoms with Crippen molar-refractivity contribution in [2.24, 2.45) is 0 Å². The van der Waals surface area contributed by atoms with E-state index in [-0.39, 0.29) is 17.8 Å². The molecule has 2 rings (SSSR count). The number of hydrogen-bond donors (Lipinski definition) is 2. The molecule has 1 aromatic rings. The first-order chi connectivity index (χ1) is 10.1. The zero-order chi connectivity index (χ0) is 15.1.